The predicted molar refractivity (Wildman–Crippen MR) is 119 cm³/mol. The van der Waals surface area contributed by atoms with Crippen LogP contribution >= 0.6 is 11.6 Å². The molecular weight excluding hydrogens is 402 g/mol. The lowest BCUT2D eigenvalue weighted by Crippen LogP contribution is -2.44. The van der Waals surface area contributed by atoms with Gasteiger partial charge in [0.1, 0.15) is 5.75 Å². The highest BCUT2D eigenvalue weighted by atomic mass is 35.5. The smallest absolute Gasteiger partial charge is 0.251 e. The van der Waals surface area contributed by atoms with Gasteiger partial charge in [0.25, 0.3) is 5.91 Å². The van der Waals surface area contributed by atoms with E-state index in [1.54, 1.807) is 31.4 Å². The molecule has 0 radical (unpaired) electrons. The molecule has 0 saturated carbocycles. The van der Waals surface area contributed by atoms with Crippen molar-refractivity contribution in [3.8, 4) is 5.75 Å². The Morgan fingerprint density at radius 3 is 2.37 bits per heavy atom. The number of nitrogens with zero attached hydrogens (tertiary/aromatic N) is 1. The molecule has 0 aromatic heterocycles. The number of piperidine rings is 1. The molecule has 0 bridgehead atoms. The number of hydrogen-bond donors (Lipinski definition) is 2. The van der Waals surface area contributed by atoms with E-state index in [1.807, 2.05) is 12.1 Å². The molecule has 0 unspecified atom stereocenters. The Labute approximate surface area is 182 Å². The van der Waals surface area contributed by atoms with E-state index < -0.39 is 0 Å². The van der Waals surface area contributed by atoms with Crippen LogP contribution in [0.15, 0.2) is 48.5 Å². The highest BCUT2D eigenvalue weighted by molar-refractivity contribution is 6.30. The molecule has 0 spiro atoms. The molecule has 2 amide bonds. The van der Waals surface area contributed by atoms with Gasteiger partial charge in [0.2, 0.25) is 5.91 Å². The standard InChI is InChI=1S/C23H28ClN3O3/c1-30-21-10-8-20(9-11-21)27-15-12-19(13-16-27)26-22(28)3-2-14-25-23(29)17-4-6-18(24)7-5-17/h4-11,19H,2-3,12-16H2,1H3,(H,25,29)(H,26,28). The summed E-state index contributed by atoms with van der Waals surface area (Å²) in [7, 11) is 1.66. The lowest BCUT2D eigenvalue weighted by Gasteiger charge is -2.34. The minimum absolute atomic E-state index is 0.0404. The van der Waals surface area contributed by atoms with Gasteiger partial charge >= 0.3 is 0 Å². The first-order valence-electron chi connectivity index (χ1n) is 10.3. The molecule has 1 aliphatic heterocycles. The van der Waals surface area contributed by atoms with E-state index in [2.05, 4.69) is 27.7 Å². The molecule has 6 nitrogen and oxygen atoms in total. The number of carbonyl (C=O) groups is 2. The molecule has 1 saturated heterocycles. The lowest BCUT2D eigenvalue weighted by atomic mass is 10.0. The van der Waals surface area contributed by atoms with Gasteiger partial charge in [-0.25, -0.2) is 0 Å². The number of nitrogens with one attached hydrogen (secondary N) is 2. The monoisotopic (exact) mass is 429 g/mol. The van der Waals surface area contributed by atoms with Crippen LogP contribution in [0.3, 0.4) is 0 Å². The van der Waals surface area contributed by atoms with Gasteiger partial charge in [-0.15, -0.1) is 0 Å². The van der Waals surface area contributed by atoms with Crippen LogP contribution < -0.4 is 20.3 Å². The number of benzene rings is 2. The summed E-state index contributed by atoms with van der Waals surface area (Å²) in [6.07, 6.45) is 2.85. The number of ether oxygens (including phenoxy) is 1. The number of anilines is 1. The van der Waals surface area contributed by atoms with Gasteiger partial charge in [-0.2, -0.15) is 0 Å². The van der Waals surface area contributed by atoms with Crippen LogP contribution in [0.2, 0.25) is 5.02 Å². The third kappa shape index (κ3) is 6.39. The van der Waals surface area contributed by atoms with Crippen LogP contribution in [0.5, 0.6) is 5.75 Å². The Morgan fingerprint density at radius 1 is 1.07 bits per heavy atom. The summed E-state index contributed by atoms with van der Waals surface area (Å²) in [6, 6.07) is 15.0. The highest BCUT2D eigenvalue weighted by Crippen LogP contribution is 2.22. The van der Waals surface area contributed by atoms with Crippen molar-refractivity contribution in [2.24, 2.45) is 0 Å². The zero-order chi connectivity index (χ0) is 21.3. The van der Waals surface area contributed by atoms with Gasteiger partial charge in [0, 0.05) is 48.4 Å². The van der Waals surface area contributed by atoms with Crippen molar-refractivity contribution < 1.29 is 14.3 Å². The molecule has 30 heavy (non-hydrogen) atoms. The van der Waals surface area contributed by atoms with Crippen molar-refractivity contribution in [1.82, 2.24) is 10.6 Å². The van der Waals surface area contributed by atoms with Crippen molar-refractivity contribution in [2.75, 3.05) is 31.6 Å². The van der Waals surface area contributed by atoms with Crippen LogP contribution in [0.25, 0.3) is 0 Å². The van der Waals surface area contributed by atoms with Crippen molar-refractivity contribution in [1.29, 1.82) is 0 Å². The van der Waals surface area contributed by atoms with Crippen molar-refractivity contribution in [3.05, 3.63) is 59.1 Å². The SMILES string of the molecule is COc1ccc(N2CCC(NC(=O)CCCNC(=O)c3ccc(Cl)cc3)CC2)cc1. The molecule has 2 N–H and O–H groups in total. The van der Waals surface area contributed by atoms with Gasteiger partial charge < -0.3 is 20.3 Å². The summed E-state index contributed by atoms with van der Waals surface area (Å²) in [5.41, 5.74) is 1.74. The lowest BCUT2D eigenvalue weighted by molar-refractivity contribution is -0.122. The fraction of sp³-hybridized carbons (Fsp3) is 0.391. The molecular formula is C23H28ClN3O3. The number of hydrogen-bond acceptors (Lipinski definition) is 4. The van der Waals surface area contributed by atoms with Gasteiger partial charge in [-0.1, -0.05) is 11.6 Å². The number of methoxy groups -OCH3 is 1. The number of halogens is 1. The maximum Gasteiger partial charge on any atom is 0.251 e. The van der Waals surface area contributed by atoms with Crippen LogP contribution in [0, 0.1) is 0 Å². The summed E-state index contributed by atoms with van der Waals surface area (Å²) in [5.74, 6) is 0.738. The summed E-state index contributed by atoms with van der Waals surface area (Å²) in [5, 5.41) is 6.55. The maximum atomic E-state index is 12.2. The second kappa shape index (κ2) is 10.9. The number of rotatable bonds is 8. The molecule has 160 valence electrons. The zero-order valence-corrected chi connectivity index (χ0v) is 18.0. The zero-order valence-electron chi connectivity index (χ0n) is 17.2. The Bertz CT molecular complexity index is 832. The average molecular weight is 430 g/mol. The van der Waals surface area contributed by atoms with E-state index in [-0.39, 0.29) is 17.9 Å². The van der Waals surface area contributed by atoms with E-state index in [1.165, 1.54) is 5.69 Å². The van der Waals surface area contributed by atoms with E-state index >= 15 is 0 Å². The van der Waals surface area contributed by atoms with E-state index in [9.17, 15) is 9.59 Å². The van der Waals surface area contributed by atoms with Crippen LogP contribution in [-0.4, -0.2) is 44.6 Å². The van der Waals surface area contributed by atoms with Gasteiger partial charge in [0.15, 0.2) is 0 Å². The first kappa shape index (κ1) is 22.0. The summed E-state index contributed by atoms with van der Waals surface area (Å²) >= 11 is 5.82. The van der Waals surface area contributed by atoms with Gasteiger partial charge in [-0.3, -0.25) is 9.59 Å². The molecule has 2 aromatic carbocycles. The van der Waals surface area contributed by atoms with Crippen molar-refractivity contribution >= 4 is 29.1 Å². The van der Waals surface area contributed by atoms with Gasteiger partial charge in [-0.05, 0) is 67.8 Å². The van der Waals surface area contributed by atoms with Crippen molar-refractivity contribution in [2.45, 2.75) is 31.7 Å². The fourth-order valence-corrected chi connectivity index (χ4v) is 3.66. The second-order valence-corrected chi connectivity index (χ2v) is 7.83. The Morgan fingerprint density at radius 2 is 1.73 bits per heavy atom. The maximum absolute atomic E-state index is 12.2. The average Bonchev–Trinajstić information content (AvgIpc) is 2.77. The molecule has 0 aliphatic carbocycles. The minimum Gasteiger partial charge on any atom is -0.497 e. The predicted octanol–water partition coefficient (Wildman–Crippen LogP) is 3.64. The Balaban J connectivity index is 1.32. The highest BCUT2D eigenvalue weighted by Gasteiger charge is 2.20. The van der Waals surface area contributed by atoms with E-state index in [0.29, 0.717) is 30.0 Å². The molecule has 2 aromatic rings. The molecule has 7 heteroatoms. The quantitative estimate of drug-likeness (QED) is 0.628. The largest absolute Gasteiger partial charge is 0.497 e. The molecule has 3 rings (SSSR count). The summed E-state index contributed by atoms with van der Waals surface area (Å²) in [6.45, 7) is 2.29. The Kier molecular flexibility index (Phi) is 7.97. The fourth-order valence-electron chi connectivity index (χ4n) is 3.53. The Hall–Kier alpha value is -2.73. The van der Waals surface area contributed by atoms with Crippen molar-refractivity contribution in [3.63, 3.8) is 0 Å². The summed E-state index contributed by atoms with van der Waals surface area (Å²) < 4.78 is 5.20. The molecule has 1 heterocycles. The summed E-state index contributed by atoms with van der Waals surface area (Å²) in [4.78, 5) is 26.6. The third-order valence-corrected chi connectivity index (χ3v) is 5.52. The van der Waals surface area contributed by atoms with E-state index in [4.69, 9.17) is 16.3 Å². The number of amides is 2. The third-order valence-electron chi connectivity index (χ3n) is 5.27. The van der Waals surface area contributed by atoms with Crippen LogP contribution in [0.4, 0.5) is 5.69 Å². The molecule has 1 aliphatic rings. The normalized spacial score (nSPS) is 14.3. The number of carbonyl (C=O) groups excluding carboxylic acids is 2. The van der Waals surface area contributed by atoms with Crippen LogP contribution in [-0.2, 0) is 4.79 Å². The first-order valence-corrected chi connectivity index (χ1v) is 10.6. The van der Waals surface area contributed by atoms with Crippen LogP contribution in [0.1, 0.15) is 36.0 Å². The topological polar surface area (TPSA) is 70.7 Å². The minimum atomic E-state index is -0.155. The van der Waals surface area contributed by atoms with Gasteiger partial charge in [0.05, 0.1) is 7.11 Å². The second-order valence-electron chi connectivity index (χ2n) is 7.39. The molecule has 0 atom stereocenters. The molecule has 1 fully saturated rings. The first-order chi connectivity index (χ1) is 14.5. The van der Waals surface area contributed by atoms with E-state index in [0.717, 1.165) is 31.7 Å².